The van der Waals surface area contributed by atoms with Crippen LogP contribution in [0.5, 0.6) is 5.75 Å². The highest BCUT2D eigenvalue weighted by molar-refractivity contribution is 5.89. The van der Waals surface area contributed by atoms with E-state index in [1.807, 2.05) is 13.0 Å². The number of aliphatic hydroxyl groups excluding tert-OH is 1. The van der Waals surface area contributed by atoms with E-state index in [4.69, 9.17) is 9.47 Å². The maximum Gasteiger partial charge on any atom is 0.338 e. The molecule has 1 aromatic carbocycles. The van der Waals surface area contributed by atoms with E-state index < -0.39 is 57.9 Å². The van der Waals surface area contributed by atoms with E-state index in [2.05, 4.69) is 0 Å². The van der Waals surface area contributed by atoms with E-state index in [-0.39, 0.29) is 37.0 Å². The van der Waals surface area contributed by atoms with Crippen LogP contribution in [0, 0.1) is 16.7 Å². The third-order valence-electron chi connectivity index (χ3n) is 10.2. The van der Waals surface area contributed by atoms with Crippen molar-refractivity contribution in [2.45, 2.75) is 94.9 Å². The SMILES string of the molecule is CC(=O)O[C@]1(O)CC[C@@]2(O)[C@]1(C)[C@H](OC(=O)c1ccc(O)cc1)C[C@@H]1[C@@]3(C)CC[C@H](O)CC3=CC[C@]12O. The summed E-state index contributed by atoms with van der Waals surface area (Å²) in [5.41, 5.74) is -4.82. The molecule has 4 aliphatic carbocycles. The molecule has 1 aromatic rings. The van der Waals surface area contributed by atoms with Crippen LogP contribution in [0.1, 0.15) is 76.1 Å². The molecule has 9 heteroatoms. The number of benzene rings is 1. The lowest BCUT2D eigenvalue weighted by Crippen LogP contribution is -2.78. The van der Waals surface area contributed by atoms with Crippen molar-refractivity contribution in [3.8, 4) is 5.75 Å². The van der Waals surface area contributed by atoms with E-state index in [9.17, 15) is 35.1 Å². The fourth-order valence-electron chi connectivity index (χ4n) is 7.97. The Kier molecular flexibility index (Phi) is 5.85. The number of aromatic hydroxyl groups is 1. The van der Waals surface area contributed by atoms with Crippen LogP contribution in [-0.4, -0.2) is 66.7 Å². The zero-order chi connectivity index (χ0) is 27.0. The minimum atomic E-state index is -2.19. The normalized spacial score (nSPS) is 44.6. The van der Waals surface area contributed by atoms with Crippen molar-refractivity contribution in [2.75, 3.05) is 0 Å². The Morgan fingerprint density at radius 2 is 1.70 bits per heavy atom. The van der Waals surface area contributed by atoms with Crippen LogP contribution >= 0.6 is 0 Å². The smallest absolute Gasteiger partial charge is 0.338 e. The summed E-state index contributed by atoms with van der Waals surface area (Å²) in [6, 6.07) is 5.52. The first kappa shape index (κ1) is 26.2. The number of hydrogen-bond acceptors (Lipinski definition) is 9. The third-order valence-corrected chi connectivity index (χ3v) is 10.2. The summed E-state index contributed by atoms with van der Waals surface area (Å²) in [5.74, 6) is -4.25. The van der Waals surface area contributed by atoms with Gasteiger partial charge in [0, 0.05) is 19.3 Å². The quantitative estimate of drug-likeness (QED) is 0.231. The van der Waals surface area contributed by atoms with E-state index in [0.717, 1.165) is 12.5 Å². The van der Waals surface area contributed by atoms with Crippen molar-refractivity contribution in [1.82, 2.24) is 0 Å². The number of carbonyl (C=O) groups is 2. The zero-order valence-corrected chi connectivity index (χ0v) is 21.4. The monoisotopic (exact) mass is 516 g/mol. The summed E-state index contributed by atoms with van der Waals surface area (Å²) in [6.07, 6.45) is 1.84. The first-order valence-corrected chi connectivity index (χ1v) is 12.9. The van der Waals surface area contributed by atoms with Crippen molar-refractivity contribution in [3.63, 3.8) is 0 Å². The topological polar surface area (TPSA) is 154 Å². The van der Waals surface area contributed by atoms with Gasteiger partial charge in [-0.2, -0.15) is 0 Å². The molecule has 0 bridgehead atoms. The van der Waals surface area contributed by atoms with Crippen LogP contribution in [0.4, 0.5) is 0 Å². The summed E-state index contributed by atoms with van der Waals surface area (Å²) in [4.78, 5) is 25.3. The first-order valence-electron chi connectivity index (χ1n) is 12.9. The third kappa shape index (κ3) is 3.44. The minimum Gasteiger partial charge on any atom is -0.508 e. The molecule has 0 heterocycles. The molecule has 4 aliphatic rings. The summed E-state index contributed by atoms with van der Waals surface area (Å²) in [5, 5.41) is 56.4. The summed E-state index contributed by atoms with van der Waals surface area (Å²) >= 11 is 0. The largest absolute Gasteiger partial charge is 0.508 e. The molecule has 37 heavy (non-hydrogen) atoms. The second-order valence-corrected chi connectivity index (χ2v) is 11.8. The predicted molar refractivity (Wildman–Crippen MR) is 130 cm³/mol. The Labute approximate surface area is 215 Å². The first-order chi connectivity index (χ1) is 17.2. The molecule has 0 spiro atoms. The van der Waals surface area contributed by atoms with Crippen molar-refractivity contribution >= 4 is 11.9 Å². The molecular weight excluding hydrogens is 480 g/mol. The predicted octanol–water partition coefficient (Wildman–Crippen LogP) is 2.33. The Balaban J connectivity index is 1.63. The van der Waals surface area contributed by atoms with Crippen LogP contribution in [-0.2, 0) is 14.3 Å². The number of rotatable bonds is 3. The number of carbonyl (C=O) groups excluding carboxylic acids is 2. The number of hydrogen-bond donors (Lipinski definition) is 5. The highest BCUT2D eigenvalue weighted by atomic mass is 16.7. The van der Waals surface area contributed by atoms with Gasteiger partial charge in [0.05, 0.1) is 11.7 Å². The molecule has 0 aliphatic heterocycles. The van der Waals surface area contributed by atoms with Gasteiger partial charge in [-0.3, -0.25) is 4.79 Å². The average molecular weight is 517 g/mol. The number of fused-ring (bicyclic) bond motifs is 5. The Bertz CT molecular complexity index is 1150. The molecule has 9 nitrogen and oxygen atoms in total. The molecule has 8 atom stereocenters. The fourth-order valence-corrected chi connectivity index (χ4v) is 7.97. The van der Waals surface area contributed by atoms with E-state index in [1.165, 1.54) is 31.2 Å². The van der Waals surface area contributed by atoms with Gasteiger partial charge in [-0.15, -0.1) is 0 Å². The molecular formula is C28H36O9. The van der Waals surface area contributed by atoms with Crippen LogP contribution in [0.3, 0.4) is 0 Å². The second kappa shape index (κ2) is 8.27. The van der Waals surface area contributed by atoms with Crippen molar-refractivity contribution in [2.24, 2.45) is 16.7 Å². The average Bonchev–Trinajstić information content (AvgIpc) is 3.04. The summed E-state index contributed by atoms with van der Waals surface area (Å²) < 4.78 is 11.4. The second-order valence-electron chi connectivity index (χ2n) is 11.8. The highest BCUT2D eigenvalue weighted by Gasteiger charge is 2.82. The van der Waals surface area contributed by atoms with Crippen LogP contribution < -0.4 is 0 Å². The van der Waals surface area contributed by atoms with Crippen molar-refractivity contribution in [3.05, 3.63) is 41.5 Å². The van der Waals surface area contributed by atoms with Gasteiger partial charge in [0.15, 0.2) is 0 Å². The lowest BCUT2D eigenvalue weighted by atomic mass is 9.43. The van der Waals surface area contributed by atoms with Gasteiger partial charge in [0.25, 0.3) is 0 Å². The lowest BCUT2D eigenvalue weighted by Gasteiger charge is -2.66. The van der Waals surface area contributed by atoms with E-state index in [0.29, 0.717) is 19.3 Å². The van der Waals surface area contributed by atoms with Crippen LogP contribution in [0.25, 0.3) is 0 Å². The summed E-state index contributed by atoms with van der Waals surface area (Å²) in [7, 11) is 0. The molecule has 0 amide bonds. The minimum absolute atomic E-state index is 0.0189. The molecule has 0 saturated heterocycles. The van der Waals surface area contributed by atoms with Gasteiger partial charge in [0.2, 0.25) is 5.79 Å². The van der Waals surface area contributed by atoms with Gasteiger partial charge < -0.3 is 35.0 Å². The van der Waals surface area contributed by atoms with Crippen LogP contribution in [0.2, 0.25) is 0 Å². The molecule has 0 aromatic heterocycles. The maximum atomic E-state index is 13.3. The lowest BCUT2D eigenvalue weighted by molar-refractivity contribution is -0.352. The van der Waals surface area contributed by atoms with E-state index >= 15 is 0 Å². The molecule has 5 rings (SSSR count). The van der Waals surface area contributed by atoms with E-state index in [1.54, 1.807) is 0 Å². The molecule has 202 valence electrons. The van der Waals surface area contributed by atoms with Crippen LogP contribution in [0.15, 0.2) is 35.9 Å². The zero-order valence-electron chi connectivity index (χ0n) is 21.4. The Morgan fingerprint density at radius 3 is 2.35 bits per heavy atom. The number of aliphatic hydroxyl groups is 4. The number of ether oxygens (including phenoxy) is 2. The number of phenols is 1. The standard InChI is InChI=1S/C28H36O9/c1-16(29)37-28(35)13-12-27(34)25(28,3)22(36-23(32)17-4-6-19(30)7-5-17)15-21-24(2)10-9-20(31)14-18(24)8-11-26(21,27)33/h4-8,20-22,30-31,33-35H,9-15H2,1-3H3/t20-,21+,22+,24-,25-,26-,27+,28+/m0/s1. The van der Waals surface area contributed by atoms with Gasteiger partial charge in [-0.1, -0.05) is 18.6 Å². The fraction of sp³-hybridized carbons (Fsp3) is 0.643. The highest BCUT2D eigenvalue weighted by Crippen LogP contribution is 2.71. The molecule has 5 N–H and O–H groups in total. The Hall–Kier alpha value is -2.46. The number of phenolic OH excluding ortho intramolecular Hbond substituents is 1. The molecule has 0 unspecified atom stereocenters. The summed E-state index contributed by atoms with van der Waals surface area (Å²) in [6.45, 7) is 4.68. The van der Waals surface area contributed by atoms with Crippen molar-refractivity contribution in [1.29, 1.82) is 0 Å². The molecule has 3 fully saturated rings. The van der Waals surface area contributed by atoms with Gasteiger partial charge in [-0.05, 0) is 75.1 Å². The number of esters is 2. The van der Waals surface area contributed by atoms with Crippen molar-refractivity contribution < 1.29 is 44.6 Å². The van der Waals surface area contributed by atoms with Gasteiger partial charge >= 0.3 is 11.9 Å². The Morgan fingerprint density at radius 1 is 1.03 bits per heavy atom. The van der Waals surface area contributed by atoms with Gasteiger partial charge in [-0.25, -0.2) is 4.79 Å². The maximum absolute atomic E-state index is 13.3. The molecule has 3 saturated carbocycles. The molecule has 0 radical (unpaired) electrons. The van der Waals surface area contributed by atoms with Gasteiger partial charge in [0.1, 0.15) is 28.5 Å².